The number of hydrogen-bond acceptors (Lipinski definition) is 6. The summed E-state index contributed by atoms with van der Waals surface area (Å²) >= 11 is 0. The van der Waals surface area contributed by atoms with E-state index in [4.69, 9.17) is 9.47 Å². The van der Waals surface area contributed by atoms with E-state index in [0.717, 1.165) is 17.1 Å². The molecule has 3 heterocycles. The Bertz CT molecular complexity index is 1350. The molecule has 0 saturated carbocycles. The van der Waals surface area contributed by atoms with Gasteiger partial charge in [0.2, 0.25) is 6.79 Å². The number of carbonyl (C=O) groups is 1. The maximum Gasteiger partial charge on any atom is 0.321 e. The predicted octanol–water partition coefficient (Wildman–Crippen LogP) is 4.38. The number of rotatable bonds is 3. The summed E-state index contributed by atoms with van der Waals surface area (Å²) in [5.41, 5.74) is 2.57. The third kappa shape index (κ3) is 3.94. The van der Waals surface area contributed by atoms with Crippen molar-refractivity contribution < 1.29 is 14.3 Å². The Labute approximate surface area is 196 Å². The SMILES string of the molecule is O=C(Nc1ccc2c(c1)OCO2)N1CCN(c2ccc(-c3ccc4ccccc4c3)nn2)CC1. The van der Waals surface area contributed by atoms with Gasteiger partial charge in [0.25, 0.3) is 0 Å². The highest BCUT2D eigenvalue weighted by Crippen LogP contribution is 2.34. The van der Waals surface area contributed by atoms with Crippen molar-refractivity contribution in [3.8, 4) is 22.8 Å². The Morgan fingerprint density at radius 1 is 0.794 bits per heavy atom. The van der Waals surface area contributed by atoms with Gasteiger partial charge in [-0.2, -0.15) is 0 Å². The zero-order valence-corrected chi connectivity index (χ0v) is 18.5. The van der Waals surface area contributed by atoms with Crippen molar-refractivity contribution in [1.29, 1.82) is 0 Å². The molecule has 0 unspecified atom stereocenters. The highest BCUT2D eigenvalue weighted by Gasteiger charge is 2.23. The third-order valence-electron chi connectivity index (χ3n) is 6.21. The quantitative estimate of drug-likeness (QED) is 0.496. The van der Waals surface area contributed by atoms with Gasteiger partial charge in [0.1, 0.15) is 0 Å². The average molecular weight is 454 g/mol. The van der Waals surface area contributed by atoms with Gasteiger partial charge in [0.05, 0.1) is 5.69 Å². The second-order valence-electron chi connectivity index (χ2n) is 8.31. The maximum absolute atomic E-state index is 12.7. The summed E-state index contributed by atoms with van der Waals surface area (Å²) in [6, 6.07) is 23.9. The molecule has 1 N–H and O–H groups in total. The minimum atomic E-state index is -0.128. The van der Waals surface area contributed by atoms with Gasteiger partial charge in [-0.05, 0) is 41.1 Å². The van der Waals surface area contributed by atoms with Gasteiger partial charge in [-0.25, -0.2) is 4.79 Å². The summed E-state index contributed by atoms with van der Waals surface area (Å²) in [5.74, 6) is 2.16. The average Bonchev–Trinajstić information content (AvgIpc) is 3.37. The van der Waals surface area contributed by atoms with E-state index in [1.807, 2.05) is 30.3 Å². The highest BCUT2D eigenvalue weighted by atomic mass is 16.7. The standard InChI is InChI=1S/C26H23N5O3/c32-26(27-21-7-9-23-24(16-21)34-17-33-23)31-13-11-30(12-14-31)25-10-8-22(28-29-25)20-6-5-18-3-1-2-4-19(18)15-20/h1-10,15-16H,11-14,17H2,(H,27,32). The van der Waals surface area contributed by atoms with Gasteiger partial charge in [-0.15, -0.1) is 10.2 Å². The monoisotopic (exact) mass is 453 g/mol. The van der Waals surface area contributed by atoms with Crippen LogP contribution in [0.5, 0.6) is 11.5 Å². The molecule has 2 aliphatic rings. The van der Waals surface area contributed by atoms with Crippen LogP contribution in [0, 0.1) is 0 Å². The molecule has 2 amide bonds. The first-order chi connectivity index (χ1) is 16.7. The number of anilines is 2. The predicted molar refractivity (Wildman–Crippen MR) is 130 cm³/mol. The Morgan fingerprint density at radius 3 is 2.44 bits per heavy atom. The molecule has 0 atom stereocenters. The number of nitrogens with one attached hydrogen (secondary N) is 1. The van der Waals surface area contributed by atoms with Crippen molar-refractivity contribution in [2.24, 2.45) is 0 Å². The fourth-order valence-corrected chi connectivity index (χ4v) is 4.31. The smallest absolute Gasteiger partial charge is 0.321 e. The number of ether oxygens (including phenoxy) is 2. The fourth-order valence-electron chi connectivity index (χ4n) is 4.31. The largest absolute Gasteiger partial charge is 0.454 e. The molecule has 1 fully saturated rings. The van der Waals surface area contributed by atoms with E-state index in [0.29, 0.717) is 43.4 Å². The van der Waals surface area contributed by atoms with E-state index in [1.165, 1.54) is 10.8 Å². The molecule has 170 valence electrons. The molecule has 0 spiro atoms. The Kier molecular flexibility index (Phi) is 5.10. The first kappa shape index (κ1) is 20.3. The molecular formula is C26H23N5O3. The number of urea groups is 1. The lowest BCUT2D eigenvalue weighted by atomic mass is 10.1. The molecule has 8 nitrogen and oxygen atoms in total. The summed E-state index contributed by atoms with van der Waals surface area (Å²) in [6.45, 7) is 2.80. The van der Waals surface area contributed by atoms with E-state index >= 15 is 0 Å². The van der Waals surface area contributed by atoms with E-state index in [1.54, 1.807) is 17.0 Å². The van der Waals surface area contributed by atoms with Crippen LogP contribution in [0.2, 0.25) is 0 Å². The second kappa shape index (κ2) is 8.55. The van der Waals surface area contributed by atoms with Crippen LogP contribution in [0.4, 0.5) is 16.3 Å². The van der Waals surface area contributed by atoms with Crippen LogP contribution in [0.25, 0.3) is 22.0 Å². The van der Waals surface area contributed by atoms with E-state index in [-0.39, 0.29) is 12.8 Å². The Morgan fingerprint density at radius 2 is 1.62 bits per heavy atom. The molecule has 8 heteroatoms. The molecule has 4 aromatic rings. The van der Waals surface area contributed by atoms with Gasteiger partial charge >= 0.3 is 6.03 Å². The van der Waals surface area contributed by atoms with Gasteiger partial charge in [-0.3, -0.25) is 0 Å². The van der Waals surface area contributed by atoms with Gasteiger partial charge in [-0.1, -0.05) is 36.4 Å². The van der Waals surface area contributed by atoms with Crippen molar-refractivity contribution >= 4 is 28.3 Å². The lowest BCUT2D eigenvalue weighted by Crippen LogP contribution is -2.50. The van der Waals surface area contributed by atoms with Crippen molar-refractivity contribution in [3.05, 3.63) is 72.8 Å². The number of benzene rings is 3. The van der Waals surface area contributed by atoms with Crippen LogP contribution >= 0.6 is 0 Å². The molecule has 2 aliphatic heterocycles. The molecule has 0 aliphatic carbocycles. The summed E-state index contributed by atoms with van der Waals surface area (Å²) < 4.78 is 10.7. The Hall–Kier alpha value is -4.33. The van der Waals surface area contributed by atoms with Gasteiger partial charge in [0.15, 0.2) is 17.3 Å². The van der Waals surface area contributed by atoms with Crippen LogP contribution in [-0.4, -0.2) is 54.1 Å². The molecule has 0 radical (unpaired) electrons. The molecule has 0 bridgehead atoms. The number of amides is 2. The summed E-state index contributed by atoms with van der Waals surface area (Å²) in [7, 11) is 0. The van der Waals surface area contributed by atoms with Crippen molar-refractivity contribution in [1.82, 2.24) is 15.1 Å². The van der Waals surface area contributed by atoms with Crippen molar-refractivity contribution in [3.63, 3.8) is 0 Å². The third-order valence-corrected chi connectivity index (χ3v) is 6.21. The van der Waals surface area contributed by atoms with E-state index < -0.39 is 0 Å². The van der Waals surface area contributed by atoms with Gasteiger partial charge < -0.3 is 24.6 Å². The zero-order chi connectivity index (χ0) is 22.9. The first-order valence-corrected chi connectivity index (χ1v) is 11.3. The maximum atomic E-state index is 12.7. The zero-order valence-electron chi connectivity index (χ0n) is 18.5. The van der Waals surface area contributed by atoms with Crippen LogP contribution < -0.4 is 19.7 Å². The Balaban J connectivity index is 1.07. The minimum Gasteiger partial charge on any atom is -0.454 e. The molecule has 6 rings (SSSR count). The highest BCUT2D eigenvalue weighted by molar-refractivity contribution is 5.90. The molecular weight excluding hydrogens is 430 g/mol. The summed E-state index contributed by atoms with van der Waals surface area (Å²) in [5, 5.41) is 14.2. The minimum absolute atomic E-state index is 0.128. The summed E-state index contributed by atoms with van der Waals surface area (Å²) in [6.07, 6.45) is 0. The van der Waals surface area contributed by atoms with Gasteiger partial charge in [0, 0.05) is 43.5 Å². The second-order valence-corrected chi connectivity index (χ2v) is 8.31. The van der Waals surface area contributed by atoms with Crippen molar-refractivity contribution in [2.75, 3.05) is 43.2 Å². The number of piperazine rings is 1. The first-order valence-electron chi connectivity index (χ1n) is 11.3. The normalized spacial score (nSPS) is 14.9. The molecule has 34 heavy (non-hydrogen) atoms. The number of nitrogens with zero attached hydrogens (tertiary/aromatic N) is 4. The molecule has 1 saturated heterocycles. The summed E-state index contributed by atoms with van der Waals surface area (Å²) in [4.78, 5) is 16.7. The van der Waals surface area contributed by atoms with E-state index in [9.17, 15) is 4.79 Å². The lowest BCUT2D eigenvalue weighted by Gasteiger charge is -2.35. The van der Waals surface area contributed by atoms with Crippen LogP contribution in [0.15, 0.2) is 72.8 Å². The van der Waals surface area contributed by atoms with E-state index in [2.05, 4.69) is 50.7 Å². The van der Waals surface area contributed by atoms with Crippen LogP contribution in [0.3, 0.4) is 0 Å². The fraction of sp³-hybridized carbons (Fsp3) is 0.192. The molecule has 1 aromatic heterocycles. The number of aromatic nitrogens is 2. The van der Waals surface area contributed by atoms with Crippen LogP contribution in [-0.2, 0) is 0 Å². The number of hydrogen-bond donors (Lipinski definition) is 1. The lowest BCUT2D eigenvalue weighted by molar-refractivity contribution is 0.174. The van der Waals surface area contributed by atoms with Crippen LogP contribution in [0.1, 0.15) is 0 Å². The molecule has 3 aromatic carbocycles. The van der Waals surface area contributed by atoms with Crippen molar-refractivity contribution in [2.45, 2.75) is 0 Å². The number of fused-ring (bicyclic) bond motifs is 2. The topological polar surface area (TPSA) is 79.8 Å². The number of carbonyl (C=O) groups excluding carboxylic acids is 1.